The zero-order chi connectivity index (χ0) is 15.1. The van der Waals surface area contributed by atoms with E-state index in [0.717, 1.165) is 36.0 Å². The normalized spacial score (nSPS) is 30.1. The van der Waals surface area contributed by atoms with Crippen molar-refractivity contribution in [1.82, 2.24) is 5.32 Å². The third-order valence-electron chi connectivity index (χ3n) is 5.98. The summed E-state index contributed by atoms with van der Waals surface area (Å²) in [5, 5.41) is 6.04. The van der Waals surface area contributed by atoms with Crippen LogP contribution in [0.25, 0.3) is 10.8 Å². The van der Waals surface area contributed by atoms with E-state index in [1.54, 1.807) is 12.7 Å². The first-order valence-electron chi connectivity index (χ1n) is 8.52. The summed E-state index contributed by atoms with van der Waals surface area (Å²) in [6, 6.07) is 13.4. The molecule has 2 aromatic rings. The molecule has 2 bridgehead atoms. The molecule has 2 fully saturated rings. The predicted molar refractivity (Wildman–Crippen MR) is 91.5 cm³/mol. The van der Waals surface area contributed by atoms with Crippen LogP contribution in [0, 0.1) is 17.8 Å². The molecule has 2 aliphatic rings. The number of rotatable bonds is 4. The quantitative estimate of drug-likeness (QED) is 0.913. The molecule has 0 radical (unpaired) electrons. The average Bonchev–Trinajstić information content (AvgIpc) is 3.15. The monoisotopic (exact) mass is 295 g/mol. The van der Waals surface area contributed by atoms with Gasteiger partial charge in [0.05, 0.1) is 7.11 Å². The minimum atomic E-state index is 0.748. The van der Waals surface area contributed by atoms with E-state index in [1.807, 2.05) is 0 Å². The Morgan fingerprint density at radius 1 is 1.05 bits per heavy atom. The minimum Gasteiger partial charge on any atom is -0.497 e. The molecule has 0 saturated heterocycles. The van der Waals surface area contributed by atoms with Crippen molar-refractivity contribution >= 4 is 10.8 Å². The largest absolute Gasteiger partial charge is 0.497 e. The maximum absolute atomic E-state index is 5.33. The molecule has 2 aliphatic carbocycles. The van der Waals surface area contributed by atoms with Gasteiger partial charge in [-0.3, -0.25) is 0 Å². The highest BCUT2D eigenvalue weighted by Crippen LogP contribution is 2.56. The van der Waals surface area contributed by atoms with Crippen LogP contribution >= 0.6 is 0 Å². The van der Waals surface area contributed by atoms with Crippen molar-refractivity contribution in [2.24, 2.45) is 17.8 Å². The highest BCUT2D eigenvalue weighted by atomic mass is 16.5. The van der Waals surface area contributed by atoms with Crippen molar-refractivity contribution in [2.75, 3.05) is 20.7 Å². The fraction of sp³-hybridized carbons (Fsp3) is 0.500. The number of nitrogens with one attached hydrogen (secondary N) is 1. The van der Waals surface area contributed by atoms with Gasteiger partial charge < -0.3 is 10.1 Å². The van der Waals surface area contributed by atoms with E-state index in [-0.39, 0.29) is 0 Å². The molecule has 2 heteroatoms. The Hall–Kier alpha value is -1.54. The van der Waals surface area contributed by atoms with Gasteiger partial charge >= 0.3 is 0 Å². The van der Waals surface area contributed by atoms with Crippen LogP contribution in [-0.2, 0) is 0 Å². The Bertz CT molecular complexity index is 680. The summed E-state index contributed by atoms with van der Waals surface area (Å²) in [6.45, 7) is 1.16. The Labute approximate surface area is 132 Å². The van der Waals surface area contributed by atoms with Crippen LogP contribution in [0.3, 0.4) is 0 Å². The number of methoxy groups -OCH3 is 1. The van der Waals surface area contributed by atoms with Gasteiger partial charge in [-0.1, -0.05) is 24.3 Å². The molecular weight excluding hydrogens is 270 g/mol. The molecule has 0 unspecified atom stereocenters. The van der Waals surface area contributed by atoms with Crippen LogP contribution in [0.5, 0.6) is 5.75 Å². The number of benzene rings is 2. The van der Waals surface area contributed by atoms with Crippen molar-refractivity contribution < 1.29 is 4.74 Å². The molecule has 0 aromatic heterocycles. The zero-order valence-corrected chi connectivity index (χ0v) is 13.5. The Kier molecular flexibility index (Phi) is 3.57. The summed E-state index contributed by atoms with van der Waals surface area (Å²) < 4.78 is 5.33. The van der Waals surface area contributed by atoms with Crippen LogP contribution in [0.2, 0.25) is 0 Å². The second kappa shape index (κ2) is 5.58. The van der Waals surface area contributed by atoms with Crippen LogP contribution in [0.1, 0.15) is 30.7 Å². The third kappa shape index (κ3) is 2.21. The van der Waals surface area contributed by atoms with Crippen molar-refractivity contribution in [1.29, 1.82) is 0 Å². The van der Waals surface area contributed by atoms with Gasteiger partial charge in [-0.15, -0.1) is 0 Å². The van der Waals surface area contributed by atoms with Gasteiger partial charge in [0.15, 0.2) is 0 Å². The van der Waals surface area contributed by atoms with Crippen LogP contribution in [-0.4, -0.2) is 20.7 Å². The second-order valence-electron chi connectivity index (χ2n) is 7.05. The van der Waals surface area contributed by atoms with Crippen LogP contribution < -0.4 is 10.1 Å². The molecule has 4 atom stereocenters. The Balaban J connectivity index is 1.71. The first-order chi connectivity index (χ1) is 10.8. The minimum absolute atomic E-state index is 0.748. The fourth-order valence-electron chi connectivity index (χ4n) is 5.04. The lowest BCUT2D eigenvalue weighted by Crippen LogP contribution is -2.29. The lowest BCUT2D eigenvalue weighted by molar-refractivity contribution is 0.282. The lowest BCUT2D eigenvalue weighted by Gasteiger charge is -2.31. The molecule has 22 heavy (non-hydrogen) atoms. The van der Waals surface area contributed by atoms with Gasteiger partial charge in [-0.25, -0.2) is 0 Å². The summed E-state index contributed by atoms with van der Waals surface area (Å²) in [6.07, 6.45) is 4.31. The first kappa shape index (κ1) is 14.1. The molecule has 0 amide bonds. The lowest BCUT2D eigenvalue weighted by atomic mass is 9.75. The Morgan fingerprint density at radius 2 is 1.82 bits per heavy atom. The summed E-state index contributed by atoms with van der Waals surface area (Å²) >= 11 is 0. The maximum atomic E-state index is 5.33. The fourth-order valence-corrected chi connectivity index (χ4v) is 5.04. The van der Waals surface area contributed by atoms with Crippen molar-refractivity contribution in [3.63, 3.8) is 0 Å². The summed E-state index contributed by atoms with van der Waals surface area (Å²) in [4.78, 5) is 0. The second-order valence-corrected chi connectivity index (χ2v) is 7.05. The molecule has 2 aromatic carbocycles. The standard InChI is InChI=1S/C20H25NO/c1-21-12-19-15-4-6-17(10-15)20(19)16-5-3-14-11-18(22-2)8-7-13(14)9-16/h3,5,7-9,11,15,17,19-21H,4,6,10,12H2,1-2H3/t15-,17+,19-,20-/m1/s1. The number of hydrogen-bond donors (Lipinski definition) is 1. The average molecular weight is 295 g/mol. The summed E-state index contributed by atoms with van der Waals surface area (Å²) in [7, 11) is 3.82. The van der Waals surface area contributed by atoms with E-state index in [4.69, 9.17) is 4.74 Å². The van der Waals surface area contributed by atoms with E-state index >= 15 is 0 Å². The molecule has 2 saturated carbocycles. The van der Waals surface area contributed by atoms with E-state index in [9.17, 15) is 0 Å². The van der Waals surface area contributed by atoms with Crippen LogP contribution in [0.4, 0.5) is 0 Å². The molecule has 0 spiro atoms. The Morgan fingerprint density at radius 3 is 2.64 bits per heavy atom. The molecular formula is C20H25NO. The number of fused-ring (bicyclic) bond motifs is 3. The van der Waals surface area contributed by atoms with E-state index in [1.165, 1.54) is 30.0 Å². The zero-order valence-electron chi connectivity index (χ0n) is 13.5. The van der Waals surface area contributed by atoms with E-state index in [2.05, 4.69) is 48.8 Å². The molecule has 116 valence electrons. The molecule has 0 heterocycles. The van der Waals surface area contributed by atoms with Gasteiger partial charge in [0.1, 0.15) is 5.75 Å². The van der Waals surface area contributed by atoms with Gasteiger partial charge in [0.2, 0.25) is 0 Å². The highest BCUT2D eigenvalue weighted by Gasteiger charge is 2.47. The van der Waals surface area contributed by atoms with Gasteiger partial charge in [0.25, 0.3) is 0 Å². The number of ether oxygens (including phenoxy) is 1. The maximum Gasteiger partial charge on any atom is 0.119 e. The predicted octanol–water partition coefficient (Wildman–Crippen LogP) is 4.20. The smallest absolute Gasteiger partial charge is 0.119 e. The van der Waals surface area contributed by atoms with Gasteiger partial charge in [-0.05, 0) is 85.0 Å². The van der Waals surface area contributed by atoms with E-state index < -0.39 is 0 Å². The van der Waals surface area contributed by atoms with E-state index in [0.29, 0.717) is 0 Å². The first-order valence-corrected chi connectivity index (χ1v) is 8.52. The van der Waals surface area contributed by atoms with Crippen molar-refractivity contribution in [3.05, 3.63) is 42.0 Å². The van der Waals surface area contributed by atoms with Gasteiger partial charge in [-0.2, -0.15) is 0 Å². The topological polar surface area (TPSA) is 21.3 Å². The molecule has 0 aliphatic heterocycles. The third-order valence-corrected chi connectivity index (χ3v) is 5.98. The van der Waals surface area contributed by atoms with Gasteiger partial charge in [0, 0.05) is 0 Å². The van der Waals surface area contributed by atoms with Crippen molar-refractivity contribution in [3.8, 4) is 5.75 Å². The molecule has 2 nitrogen and oxygen atoms in total. The molecule has 4 rings (SSSR count). The highest BCUT2D eigenvalue weighted by molar-refractivity contribution is 5.84. The summed E-state index contributed by atoms with van der Waals surface area (Å²) in [5.41, 5.74) is 1.55. The SMILES string of the molecule is CNC[C@@H]1[C@@H]2CC[C@@H](C2)[C@H]1c1ccc2cc(OC)ccc2c1. The van der Waals surface area contributed by atoms with Crippen LogP contribution in [0.15, 0.2) is 36.4 Å². The summed E-state index contributed by atoms with van der Waals surface area (Å²) in [5.74, 6) is 4.35. The number of hydrogen-bond acceptors (Lipinski definition) is 2. The molecule has 1 N–H and O–H groups in total. The van der Waals surface area contributed by atoms with Crippen molar-refractivity contribution in [2.45, 2.75) is 25.2 Å².